The highest BCUT2D eigenvalue weighted by Crippen LogP contribution is 2.40. The standard InChI is InChI=1S/C15H15FN4/c16-11-4-3-9-5-6-20(12(9)7-11)14-8-13(17)18-15(19-14)10-1-2-10/h3-4,7-8,10H,1-2,5-6H2,(H2,17,18,19). The second-order valence-electron chi connectivity index (χ2n) is 5.46. The van der Waals surface area contributed by atoms with E-state index >= 15 is 0 Å². The van der Waals surface area contributed by atoms with Gasteiger partial charge in [-0.05, 0) is 37.0 Å². The van der Waals surface area contributed by atoms with Gasteiger partial charge in [-0.3, -0.25) is 0 Å². The van der Waals surface area contributed by atoms with E-state index in [0.29, 0.717) is 11.7 Å². The molecular formula is C15H15FN4. The summed E-state index contributed by atoms with van der Waals surface area (Å²) in [6, 6.07) is 6.69. The molecule has 102 valence electrons. The van der Waals surface area contributed by atoms with E-state index in [1.165, 1.54) is 6.07 Å². The Morgan fingerprint density at radius 2 is 2.05 bits per heavy atom. The van der Waals surface area contributed by atoms with E-state index in [1.54, 1.807) is 12.1 Å². The average molecular weight is 270 g/mol. The Morgan fingerprint density at radius 3 is 2.85 bits per heavy atom. The van der Waals surface area contributed by atoms with E-state index in [2.05, 4.69) is 9.97 Å². The second kappa shape index (κ2) is 4.16. The zero-order valence-corrected chi connectivity index (χ0v) is 11.0. The fraction of sp³-hybridized carbons (Fsp3) is 0.333. The van der Waals surface area contributed by atoms with E-state index in [1.807, 2.05) is 11.0 Å². The Labute approximate surface area is 116 Å². The van der Waals surface area contributed by atoms with E-state index in [0.717, 1.165) is 48.7 Å². The first kappa shape index (κ1) is 11.6. The minimum Gasteiger partial charge on any atom is -0.384 e. The van der Waals surface area contributed by atoms with Gasteiger partial charge in [0.1, 0.15) is 23.3 Å². The van der Waals surface area contributed by atoms with E-state index < -0.39 is 0 Å². The molecule has 1 aromatic heterocycles. The first-order chi connectivity index (χ1) is 9.70. The van der Waals surface area contributed by atoms with Crippen molar-refractivity contribution in [2.24, 2.45) is 0 Å². The Kier molecular flexibility index (Phi) is 2.42. The number of aromatic nitrogens is 2. The maximum Gasteiger partial charge on any atom is 0.138 e. The first-order valence-electron chi connectivity index (χ1n) is 6.91. The molecule has 0 amide bonds. The third kappa shape index (κ3) is 1.90. The largest absolute Gasteiger partial charge is 0.384 e. The lowest BCUT2D eigenvalue weighted by Gasteiger charge is -2.19. The Hall–Kier alpha value is -2.17. The summed E-state index contributed by atoms with van der Waals surface area (Å²) >= 11 is 0. The number of hydrogen-bond donors (Lipinski definition) is 1. The lowest BCUT2D eigenvalue weighted by molar-refractivity contribution is 0.628. The van der Waals surface area contributed by atoms with Crippen molar-refractivity contribution >= 4 is 17.3 Å². The van der Waals surface area contributed by atoms with Crippen LogP contribution in [0.25, 0.3) is 0 Å². The quantitative estimate of drug-likeness (QED) is 0.911. The molecule has 0 spiro atoms. The van der Waals surface area contributed by atoms with Gasteiger partial charge in [0.2, 0.25) is 0 Å². The minimum atomic E-state index is -0.222. The highest BCUT2D eigenvalue weighted by atomic mass is 19.1. The van der Waals surface area contributed by atoms with Crippen molar-refractivity contribution in [3.05, 3.63) is 41.5 Å². The third-order valence-electron chi connectivity index (χ3n) is 3.91. The lowest BCUT2D eigenvalue weighted by atomic mass is 10.2. The molecule has 1 aromatic carbocycles. The molecule has 2 aliphatic rings. The van der Waals surface area contributed by atoms with Crippen LogP contribution in [0.4, 0.5) is 21.7 Å². The molecule has 1 aliphatic heterocycles. The second-order valence-corrected chi connectivity index (χ2v) is 5.46. The molecule has 0 bridgehead atoms. The molecule has 0 atom stereocenters. The molecule has 2 aromatic rings. The molecule has 0 radical (unpaired) electrons. The van der Waals surface area contributed by atoms with E-state index in [4.69, 9.17) is 5.73 Å². The summed E-state index contributed by atoms with van der Waals surface area (Å²) in [7, 11) is 0. The smallest absolute Gasteiger partial charge is 0.138 e. The molecule has 4 rings (SSSR count). The number of halogens is 1. The number of nitrogen functional groups attached to an aromatic ring is 1. The molecule has 5 heteroatoms. The average Bonchev–Trinajstić information content (AvgIpc) is 3.19. The molecular weight excluding hydrogens is 255 g/mol. The van der Waals surface area contributed by atoms with Crippen LogP contribution in [0.3, 0.4) is 0 Å². The zero-order valence-electron chi connectivity index (χ0n) is 11.0. The zero-order chi connectivity index (χ0) is 13.7. The van der Waals surface area contributed by atoms with Crippen LogP contribution in [-0.2, 0) is 6.42 Å². The van der Waals surface area contributed by atoms with Crippen molar-refractivity contribution < 1.29 is 4.39 Å². The number of anilines is 3. The molecule has 1 fully saturated rings. The normalized spacial score (nSPS) is 17.4. The number of fused-ring (bicyclic) bond motifs is 1. The van der Waals surface area contributed by atoms with Gasteiger partial charge in [0.15, 0.2) is 0 Å². The number of rotatable bonds is 2. The minimum absolute atomic E-state index is 0.222. The van der Waals surface area contributed by atoms with Crippen LogP contribution in [0.2, 0.25) is 0 Å². The fourth-order valence-corrected chi connectivity index (χ4v) is 2.72. The van der Waals surface area contributed by atoms with Crippen LogP contribution in [0.1, 0.15) is 30.1 Å². The predicted molar refractivity (Wildman–Crippen MR) is 75.5 cm³/mol. The SMILES string of the molecule is Nc1cc(N2CCc3ccc(F)cc32)nc(C2CC2)n1. The number of nitrogens with two attached hydrogens (primary N) is 1. The maximum absolute atomic E-state index is 13.5. The molecule has 20 heavy (non-hydrogen) atoms. The van der Waals surface area contributed by atoms with Crippen LogP contribution < -0.4 is 10.6 Å². The summed E-state index contributed by atoms with van der Waals surface area (Å²) in [5.41, 5.74) is 7.93. The number of hydrogen-bond acceptors (Lipinski definition) is 4. The third-order valence-corrected chi connectivity index (χ3v) is 3.91. The van der Waals surface area contributed by atoms with Gasteiger partial charge in [0.05, 0.1) is 0 Å². The molecule has 2 heterocycles. The van der Waals surface area contributed by atoms with Crippen LogP contribution in [-0.4, -0.2) is 16.5 Å². The summed E-state index contributed by atoms with van der Waals surface area (Å²) in [5.74, 6) is 2.32. The summed E-state index contributed by atoms with van der Waals surface area (Å²) < 4.78 is 13.5. The van der Waals surface area contributed by atoms with Crippen molar-refractivity contribution in [1.29, 1.82) is 0 Å². The van der Waals surface area contributed by atoms with Crippen LogP contribution >= 0.6 is 0 Å². The molecule has 0 saturated heterocycles. The van der Waals surface area contributed by atoms with Crippen molar-refractivity contribution in [3.63, 3.8) is 0 Å². The van der Waals surface area contributed by atoms with Gasteiger partial charge in [0.25, 0.3) is 0 Å². The lowest BCUT2D eigenvalue weighted by Crippen LogP contribution is -2.16. The predicted octanol–water partition coefficient (Wildman–Crippen LogP) is 2.77. The van der Waals surface area contributed by atoms with Gasteiger partial charge in [-0.2, -0.15) is 0 Å². The number of benzene rings is 1. The van der Waals surface area contributed by atoms with Crippen molar-refractivity contribution in [2.75, 3.05) is 17.2 Å². The Bertz CT molecular complexity index is 682. The van der Waals surface area contributed by atoms with Crippen molar-refractivity contribution in [3.8, 4) is 0 Å². The molecule has 2 N–H and O–H groups in total. The van der Waals surface area contributed by atoms with Gasteiger partial charge in [-0.15, -0.1) is 0 Å². The van der Waals surface area contributed by atoms with Gasteiger partial charge >= 0.3 is 0 Å². The van der Waals surface area contributed by atoms with Crippen molar-refractivity contribution in [2.45, 2.75) is 25.2 Å². The van der Waals surface area contributed by atoms with Gasteiger partial charge in [-0.1, -0.05) is 6.07 Å². The summed E-state index contributed by atoms with van der Waals surface area (Å²) in [6.45, 7) is 0.805. The van der Waals surface area contributed by atoms with Gasteiger partial charge in [0, 0.05) is 24.2 Å². The molecule has 0 unspecified atom stereocenters. The van der Waals surface area contributed by atoms with E-state index in [9.17, 15) is 4.39 Å². The van der Waals surface area contributed by atoms with Gasteiger partial charge in [-0.25, -0.2) is 14.4 Å². The topological polar surface area (TPSA) is 55.0 Å². The highest BCUT2D eigenvalue weighted by molar-refractivity contribution is 5.68. The van der Waals surface area contributed by atoms with E-state index in [-0.39, 0.29) is 5.82 Å². The van der Waals surface area contributed by atoms with Crippen LogP contribution in [0, 0.1) is 5.82 Å². The van der Waals surface area contributed by atoms with Crippen LogP contribution in [0.5, 0.6) is 0 Å². The maximum atomic E-state index is 13.5. The van der Waals surface area contributed by atoms with Gasteiger partial charge < -0.3 is 10.6 Å². The van der Waals surface area contributed by atoms with Crippen LogP contribution in [0.15, 0.2) is 24.3 Å². The Balaban J connectivity index is 1.77. The number of nitrogens with zero attached hydrogens (tertiary/aromatic N) is 3. The highest BCUT2D eigenvalue weighted by Gasteiger charge is 2.29. The molecule has 4 nitrogen and oxygen atoms in total. The Morgan fingerprint density at radius 1 is 1.20 bits per heavy atom. The fourth-order valence-electron chi connectivity index (χ4n) is 2.72. The van der Waals surface area contributed by atoms with Crippen molar-refractivity contribution in [1.82, 2.24) is 9.97 Å². The first-order valence-corrected chi connectivity index (χ1v) is 6.91. The summed E-state index contributed by atoms with van der Waals surface area (Å²) in [5, 5.41) is 0. The molecule has 1 saturated carbocycles. The monoisotopic (exact) mass is 270 g/mol. The molecule has 1 aliphatic carbocycles. The summed E-state index contributed by atoms with van der Waals surface area (Å²) in [4.78, 5) is 11.0. The summed E-state index contributed by atoms with van der Waals surface area (Å²) in [6.07, 6.45) is 3.17.